The zero-order valence-electron chi connectivity index (χ0n) is 19.0. The minimum atomic E-state index is -3.56. The van der Waals surface area contributed by atoms with Crippen LogP contribution < -0.4 is 10.6 Å². The molecule has 2 N–H and O–H groups in total. The summed E-state index contributed by atoms with van der Waals surface area (Å²) in [6, 6.07) is 12.7. The van der Waals surface area contributed by atoms with E-state index in [2.05, 4.69) is 10.6 Å². The molecule has 3 rings (SSSR count). The quantitative estimate of drug-likeness (QED) is 0.606. The number of nitrogens with zero attached hydrogens (tertiary/aromatic N) is 1. The summed E-state index contributed by atoms with van der Waals surface area (Å²) in [5, 5.41) is 5.39. The van der Waals surface area contributed by atoms with Gasteiger partial charge in [-0.05, 0) is 61.2 Å². The molecule has 1 heterocycles. The summed E-state index contributed by atoms with van der Waals surface area (Å²) in [5.41, 5.74) is 1.31. The van der Waals surface area contributed by atoms with Gasteiger partial charge in [-0.3, -0.25) is 10.1 Å². The van der Waals surface area contributed by atoms with Crippen LogP contribution in [0.25, 0.3) is 0 Å². The van der Waals surface area contributed by atoms with Crippen molar-refractivity contribution in [2.24, 2.45) is 5.92 Å². The van der Waals surface area contributed by atoms with Crippen LogP contribution in [0.4, 0.5) is 16.2 Å². The van der Waals surface area contributed by atoms with Gasteiger partial charge < -0.3 is 10.1 Å². The number of anilines is 2. The molecule has 0 unspecified atom stereocenters. The smallest absolute Gasteiger partial charge is 0.411 e. The van der Waals surface area contributed by atoms with Gasteiger partial charge in [-0.25, -0.2) is 13.2 Å². The highest BCUT2D eigenvalue weighted by Crippen LogP contribution is 2.21. The number of hydrogen-bond acceptors (Lipinski definition) is 5. The van der Waals surface area contributed by atoms with E-state index in [1.54, 1.807) is 24.3 Å². The molecule has 0 atom stereocenters. The second-order valence-electron chi connectivity index (χ2n) is 8.49. The highest BCUT2D eigenvalue weighted by molar-refractivity contribution is 7.89. The van der Waals surface area contributed by atoms with E-state index in [0.717, 1.165) is 25.7 Å². The van der Waals surface area contributed by atoms with Crippen molar-refractivity contribution in [3.63, 3.8) is 0 Å². The number of rotatable bonds is 7. The lowest BCUT2D eigenvalue weighted by Crippen LogP contribution is -2.31. The van der Waals surface area contributed by atoms with Crippen molar-refractivity contribution in [1.82, 2.24) is 4.31 Å². The summed E-state index contributed by atoms with van der Waals surface area (Å²) in [6.07, 6.45) is 3.25. The number of amides is 2. The molecule has 0 spiro atoms. The van der Waals surface area contributed by atoms with Crippen molar-refractivity contribution in [2.75, 3.05) is 30.3 Å². The van der Waals surface area contributed by atoms with Crippen molar-refractivity contribution in [3.8, 4) is 0 Å². The molecule has 0 saturated carbocycles. The van der Waals surface area contributed by atoms with Gasteiger partial charge in [-0.15, -0.1) is 0 Å². The fourth-order valence-corrected chi connectivity index (χ4v) is 5.00. The summed E-state index contributed by atoms with van der Waals surface area (Å²) in [4.78, 5) is 24.7. The van der Waals surface area contributed by atoms with Gasteiger partial charge in [0, 0.05) is 30.0 Å². The Bertz CT molecular complexity index is 1060. The normalized spacial score (nSPS) is 15.0. The molecule has 1 aliphatic rings. The maximum atomic E-state index is 12.9. The lowest BCUT2D eigenvalue weighted by atomic mass is 10.2. The number of carbonyl (C=O) groups is 2. The number of sulfonamides is 1. The monoisotopic (exact) mass is 473 g/mol. The van der Waals surface area contributed by atoms with Crippen molar-refractivity contribution < 1.29 is 22.7 Å². The van der Waals surface area contributed by atoms with Crippen LogP contribution in [0.15, 0.2) is 53.4 Å². The largest absolute Gasteiger partial charge is 0.449 e. The molecule has 2 amide bonds. The molecular weight excluding hydrogens is 442 g/mol. The fraction of sp³-hybridized carbons (Fsp3) is 0.417. The van der Waals surface area contributed by atoms with Crippen molar-refractivity contribution in [1.29, 1.82) is 0 Å². The number of nitrogens with one attached hydrogen (secondary N) is 2. The highest BCUT2D eigenvalue weighted by Gasteiger charge is 2.25. The Morgan fingerprint density at radius 1 is 0.939 bits per heavy atom. The summed E-state index contributed by atoms with van der Waals surface area (Å²) >= 11 is 0. The van der Waals surface area contributed by atoms with Crippen LogP contribution in [-0.4, -0.2) is 44.4 Å². The summed E-state index contributed by atoms with van der Waals surface area (Å²) in [6.45, 7) is 5.26. The number of benzene rings is 2. The predicted octanol–water partition coefficient (Wildman–Crippen LogP) is 4.71. The topological polar surface area (TPSA) is 105 Å². The van der Waals surface area contributed by atoms with Crippen LogP contribution >= 0.6 is 0 Å². The predicted molar refractivity (Wildman–Crippen MR) is 128 cm³/mol. The van der Waals surface area contributed by atoms with Crippen LogP contribution in [0.2, 0.25) is 0 Å². The first-order valence-corrected chi connectivity index (χ1v) is 12.6. The van der Waals surface area contributed by atoms with E-state index >= 15 is 0 Å². The molecule has 178 valence electrons. The van der Waals surface area contributed by atoms with E-state index in [4.69, 9.17) is 4.74 Å². The third kappa shape index (κ3) is 7.03. The van der Waals surface area contributed by atoms with Crippen LogP contribution in [0, 0.1) is 5.92 Å². The van der Waals surface area contributed by atoms with Gasteiger partial charge in [0.05, 0.1) is 11.5 Å². The molecule has 0 aliphatic carbocycles. The fourth-order valence-electron chi connectivity index (χ4n) is 3.48. The first kappa shape index (κ1) is 24.7. The molecule has 1 saturated heterocycles. The van der Waals surface area contributed by atoms with Crippen LogP contribution in [0.3, 0.4) is 0 Å². The van der Waals surface area contributed by atoms with E-state index in [9.17, 15) is 18.0 Å². The Morgan fingerprint density at radius 2 is 1.55 bits per heavy atom. The average Bonchev–Trinajstić information content (AvgIpc) is 3.08. The molecule has 2 aromatic rings. The summed E-state index contributed by atoms with van der Waals surface area (Å²) < 4.78 is 32.4. The van der Waals surface area contributed by atoms with Crippen LogP contribution in [0.5, 0.6) is 0 Å². The molecule has 0 aromatic heterocycles. The van der Waals surface area contributed by atoms with E-state index in [-0.39, 0.29) is 16.7 Å². The van der Waals surface area contributed by atoms with E-state index in [1.807, 2.05) is 13.8 Å². The molecule has 9 heteroatoms. The van der Waals surface area contributed by atoms with Crippen LogP contribution in [-0.2, 0) is 14.8 Å². The molecule has 0 radical (unpaired) electrons. The van der Waals surface area contributed by atoms with E-state index in [0.29, 0.717) is 36.6 Å². The molecule has 1 aliphatic heterocycles. The van der Waals surface area contributed by atoms with Gasteiger partial charge in [0.1, 0.15) is 0 Å². The Labute approximate surface area is 195 Å². The number of ether oxygens (including phenoxy) is 1. The molecule has 2 aromatic carbocycles. The van der Waals surface area contributed by atoms with E-state index < -0.39 is 16.1 Å². The second kappa shape index (κ2) is 11.3. The Balaban J connectivity index is 1.63. The third-order valence-corrected chi connectivity index (χ3v) is 7.15. The summed E-state index contributed by atoms with van der Waals surface area (Å²) in [5.74, 6) is -0.152. The van der Waals surface area contributed by atoms with Gasteiger partial charge in [0.25, 0.3) is 5.91 Å². The zero-order chi connectivity index (χ0) is 23.8. The second-order valence-corrected chi connectivity index (χ2v) is 10.4. The lowest BCUT2D eigenvalue weighted by molar-refractivity contribution is 0.102. The standard InChI is InChI=1S/C24H31N3O5S/c1-18(2)17-32-24(29)26-21-9-7-8-20(16-21)25-23(28)19-10-12-22(13-11-19)33(30,31)27-14-5-3-4-6-15-27/h7-13,16,18H,3-6,14-15,17H2,1-2H3,(H,25,28)(H,26,29). The molecule has 8 nitrogen and oxygen atoms in total. The average molecular weight is 474 g/mol. The van der Waals surface area contributed by atoms with E-state index in [1.165, 1.54) is 28.6 Å². The maximum Gasteiger partial charge on any atom is 0.411 e. The minimum Gasteiger partial charge on any atom is -0.449 e. The van der Waals surface area contributed by atoms with Crippen LogP contribution in [0.1, 0.15) is 49.9 Å². The third-order valence-electron chi connectivity index (χ3n) is 5.23. The highest BCUT2D eigenvalue weighted by atomic mass is 32.2. The molecule has 1 fully saturated rings. The Kier molecular flexibility index (Phi) is 8.46. The van der Waals surface area contributed by atoms with Gasteiger partial charge >= 0.3 is 6.09 Å². The Hall–Kier alpha value is -2.91. The SMILES string of the molecule is CC(C)COC(=O)Nc1cccc(NC(=O)c2ccc(S(=O)(=O)N3CCCCCC3)cc2)c1. The molecule has 0 bridgehead atoms. The summed E-state index contributed by atoms with van der Waals surface area (Å²) in [7, 11) is -3.56. The minimum absolute atomic E-state index is 0.187. The molecular formula is C24H31N3O5S. The number of carbonyl (C=O) groups excluding carboxylic acids is 2. The maximum absolute atomic E-state index is 12.9. The van der Waals surface area contributed by atoms with Gasteiger partial charge in [-0.1, -0.05) is 32.8 Å². The van der Waals surface area contributed by atoms with Gasteiger partial charge in [-0.2, -0.15) is 4.31 Å². The zero-order valence-corrected chi connectivity index (χ0v) is 19.9. The number of hydrogen-bond donors (Lipinski definition) is 2. The van der Waals surface area contributed by atoms with Crippen molar-refractivity contribution in [2.45, 2.75) is 44.4 Å². The van der Waals surface area contributed by atoms with Gasteiger partial charge in [0.15, 0.2) is 0 Å². The van der Waals surface area contributed by atoms with Crippen molar-refractivity contribution >= 4 is 33.4 Å². The van der Waals surface area contributed by atoms with Gasteiger partial charge in [0.2, 0.25) is 10.0 Å². The molecule has 33 heavy (non-hydrogen) atoms. The first-order valence-electron chi connectivity index (χ1n) is 11.2. The van der Waals surface area contributed by atoms with Crippen molar-refractivity contribution in [3.05, 3.63) is 54.1 Å². The first-order chi connectivity index (χ1) is 15.8. The Morgan fingerprint density at radius 3 is 2.15 bits per heavy atom. The lowest BCUT2D eigenvalue weighted by Gasteiger charge is -2.20.